The van der Waals surface area contributed by atoms with Crippen LogP contribution in [-0.2, 0) is 9.84 Å². The number of piperidine rings is 1. The average Bonchev–Trinajstić information content (AvgIpc) is 3.18. The SMILES string of the molecule is O=S(=O)(c1cccc(Cl)c1)C1CCN(c2nc(-c3cccc(Br)c3)cs2)CC1. The molecular formula is C20H18BrClN2O2S2. The normalized spacial score (nSPS) is 15.7. The molecule has 1 aliphatic rings. The van der Waals surface area contributed by atoms with Crippen molar-refractivity contribution in [3.8, 4) is 11.3 Å². The Bertz CT molecular complexity index is 1090. The molecule has 28 heavy (non-hydrogen) atoms. The Morgan fingerprint density at radius 2 is 1.86 bits per heavy atom. The molecule has 0 saturated carbocycles. The van der Waals surface area contributed by atoms with Crippen LogP contribution in [0.4, 0.5) is 5.13 Å². The number of sulfone groups is 1. The summed E-state index contributed by atoms with van der Waals surface area (Å²) < 4.78 is 26.8. The minimum absolute atomic E-state index is 0.310. The maximum atomic E-state index is 12.9. The lowest BCUT2D eigenvalue weighted by Crippen LogP contribution is -2.39. The predicted octanol–water partition coefficient (Wildman–Crippen LogP) is 5.67. The smallest absolute Gasteiger partial charge is 0.185 e. The van der Waals surface area contributed by atoms with Gasteiger partial charge in [0.1, 0.15) is 0 Å². The summed E-state index contributed by atoms with van der Waals surface area (Å²) in [5.74, 6) is 0. The minimum atomic E-state index is -3.37. The zero-order valence-corrected chi connectivity index (χ0v) is 18.9. The van der Waals surface area contributed by atoms with E-state index in [1.54, 1.807) is 29.5 Å². The molecule has 3 aromatic rings. The molecule has 146 valence electrons. The summed E-state index contributed by atoms with van der Waals surface area (Å²) in [4.78, 5) is 7.25. The van der Waals surface area contributed by atoms with Gasteiger partial charge in [-0.2, -0.15) is 0 Å². The van der Waals surface area contributed by atoms with Crippen LogP contribution < -0.4 is 4.90 Å². The molecule has 1 saturated heterocycles. The van der Waals surface area contributed by atoms with Crippen molar-refractivity contribution in [2.24, 2.45) is 0 Å². The maximum Gasteiger partial charge on any atom is 0.185 e. The molecule has 1 aromatic heterocycles. The number of anilines is 1. The first-order chi connectivity index (χ1) is 13.4. The predicted molar refractivity (Wildman–Crippen MR) is 119 cm³/mol. The number of hydrogen-bond acceptors (Lipinski definition) is 5. The van der Waals surface area contributed by atoms with Gasteiger partial charge in [-0.15, -0.1) is 11.3 Å². The molecule has 0 amide bonds. The second-order valence-corrected chi connectivity index (χ2v) is 11.1. The zero-order valence-electron chi connectivity index (χ0n) is 14.9. The molecule has 0 atom stereocenters. The molecule has 4 rings (SSSR count). The van der Waals surface area contributed by atoms with Crippen molar-refractivity contribution in [2.45, 2.75) is 23.0 Å². The van der Waals surface area contributed by atoms with E-state index in [9.17, 15) is 8.42 Å². The molecule has 0 spiro atoms. The Balaban J connectivity index is 1.46. The number of nitrogens with zero attached hydrogens (tertiary/aromatic N) is 2. The van der Waals surface area contributed by atoms with Gasteiger partial charge in [0, 0.05) is 33.5 Å². The van der Waals surface area contributed by atoms with Crippen LogP contribution >= 0.6 is 38.9 Å². The first-order valence-electron chi connectivity index (χ1n) is 8.89. The van der Waals surface area contributed by atoms with Gasteiger partial charge >= 0.3 is 0 Å². The highest BCUT2D eigenvalue weighted by Gasteiger charge is 2.32. The molecule has 1 aliphatic heterocycles. The van der Waals surface area contributed by atoms with Crippen LogP contribution in [0, 0.1) is 0 Å². The molecule has 0 unspecified atom stereocenters. The fraction of sp³-hybridized carbons (Fsp3) is 0.250. The molecule has 2 aromatic carbocycles. The van der Waals surface area contributed by atoms with Crippen molar-refractivity contribution in [1.29, 1.82) is 0 Å². The number of thiazole rings is 1. The highest BCUT2D eigenvalue weighted by atomic mass is 79.9. The zero-order chi connectivity index (χ0) is 19.7. The Labute approximate surface area is 182 Å². The van der Waals surface area contributed by atoms with Crippen molar-refractivity contribution >= 4 is 53.8 Å². The van der Waals surface area contributed by atoms with E-state index < -0.39 is 9.84 Å². The van der Waals surface area contributed by atoms with Crippen LogP contribution in [0.2, 0.25) is 5.02 Å². The highest BCUT2D eigenvalue weighted by molar-refractivity contribution is 9.10. The van der Waals surface area contributed by atoms with Gasteiger partial charge in [0.2, 0.25) is 0 Å². The molecule has 8 heteroatoms. The topological polar surface area (TPSA) is 50.3 Å². The van der Waals surface area contributed by atoms with Gasteiger partial charge < -0.3 is 4.90 Å². The van der Waals surface area contributed by atoms with E-state index in [1.807, 2.05) is 29.6 Å². The van der Waals surface area contributed by atoms with Crippen LogP contribution in [0.1, 0.15) is 12.8 Å². The molecule has 1 fully saturated rings. The summed E-state index contributed by atoms with van der Waals surface area (Å²) >= 11 is 11.1. The molecular weight excluding hydrogens is 480 g/mol. The third-order valence-electron chi connectivity index (χ3n) is 4.89. The maximum absolute atomic E-state index is 12.9. The van der Waals surface area contributed by atoms with Gasteiger partial charge in [-0.05, 0) is 43.2 Å². The quantitative estimate of drug-likeness (QED) is 0.466. The van der Waals surface area contributed by atoms with Gasteiger partial charge in [0.15, 0.2) is 15.0 Å². The molecule has 4 nitrogen and oxygen atoms in total. The fourth-order valence-electron chi connectivity index (χ4n) is 3.38. The molecule has 0 aliphatic carbocycles. The largest absolute Gasteiger partial charge is 0.348 e. The van der Waals surface area contributed by atoms with Crippen molar-refractivity contribution in [3.05, 3.63) is 63.4 Å². The first kappa shape index (κ1) is 19.9. The number of benzene rings is 2. The van der Waals surface area contributed by atoms with Crippen molar-refractivity contribution in [1.82, 2.24) is 4.98 Å². The van der Waals surface area contributed by atoms with Crippen LogP contribution in [0.3, 0.4) is 0 Å². The summed E-state index contributed by atoms with van der Waals surface area (Å²) in [7, 11) is -3.37. The summed E-state index contributed by atoms with van der Waals surface area (Å²) in [5.41, 5.74) is 2.00. The van der Waals surface area contributed by atoms with Gasteiger partial charge in [0.25, 0.3) is 0 Å². The van der Waals surface area contributed by atoms with Crippen molar-refractivity contribution < 1.29 is 8.42 Å². The number of halogens is 2. The Kier molecular flexibility index (Phi) is 5.78. The Hall–Kier alpha value is -1.41. The van der Waals surface area contributed by atoms with Gasteiger partial charge in [-0.3, -0.25) is 0 Å². The second-order valence-electron chi connectivity index (χ2n) is 6.71. The minimum Gasteiger partial charge on any atom is -0.348 e. The van der Waals surface area contributed by atoms with Crippen LogP contribution in [0.5, 0.6) is 0 Å². The number of rotatable bonds is 4. The Morgan fingerprint density at radius 3 is 2.57 bits per heavy atom. The molecule has 2 heterocycles. The third kappa shape index (κ3) is 4.13. The molecule has 0 bridgehead atoms. The number of hydrogen-bond donors (Lipinski definition) is 0. The first-order valence-corrected chi connectivity index (χ1v) is 12.5. The lowest BCUT2D eigenvalue weighted by atomic mass is 10.1. The fourth-order valence-corrected chi connectivity index (χ4v) is 6.70. The van der Waals surface area contributed by atoms with Crippen LogP contribution in [0.15, 0.2) is 63.3 Å². The van der Waals surface area contributed by atoms with Crippen LogP contribution in [0.25, 0.3) is 11.3 Å². The lowest BCUT2D eigenvalue weighted by molar-refractivity contribution is 0.529. The van der Waals surface area contributed by atoms with E-state index in [-0.39, 0.29) is 5.25 Å². The summed E-state index contributed by atoms with van der Waals surface area (Å²) in [6, 6.07) is 14.6. The van der Waals surface area contributed by atoms with Gasteiger partial charge in [-0.1, -0.05) is 45.7 Å². The van der Waals surface area contributed by atoms with Gasteiger partial charge in [0.05, 0.1) is 15.8 Å². The second kappa shape index (κ2) is 8.14. The van der Waals surface area contributed by atoms with E-state index in [2.05, 4.69) is 20.8 Å². The van der Waals surface area contributed by atoms with E-state index in [0.29, 0.717) is 35.8 Å². The van der Waals surface area contributed by atoms with Crippen molar-refractivity contribution in [2.75, 3.05) is 18.0 Å². The average molecular weight is 498 g/mol. The lowest BCUT2D eigenvalue weighted by Gasteiger charge is -2.31. The summed E-state index contributed by atoms with van der Waals surface area (Å²) in [6.07, 6.45) is 1.17. The third-order valence-corrected chi connectivity index (χ3v) is 8.78. The molecule has 0 radical (unpaired) electrons. The standard InChI is InChI=1S/C20H18BrClN2O2S2/c21-15-4-1-3-14(11-15)19-13-27-20(23-19)24-9-7-17(8-10-24)28(25,26)18-6-2-5-16(22)12-18/h1-6,11-13,17H,7-10H2. The van der Waals surface area contributed by atoms with E-state index in [1.165, 1.54) is 6.07 Å². The summed E-state index contributed by atoms with van der Waals surface area (Å²) in [5, 5.41) is 3.05. The Morgan fingerprint density at radius 1 is 1.11 bits per heavy atom. The van der Waals surface area contributed by atoms with E-state index in [0.717, 1.165) is 20.9 Å². The molecule has 0 N–H and O–H groups in total. The number of aromatic nitrogens is 1. The van der Waals surface area contributed by atoms with Gasteiger partial charge in [-0.25, -0.2) is 13.4 Å². The van der Waals surface area contributed by atoms with E-state index in [4.69, 9.17) is 16.6 Å². The monoisotopic (exact) mass is 496 g/mol. The van der Waals surface area contributed by atoms with Crippen LogP contribution in [-0.4, -0.2) is 31.7 Å². The highest BCUT2D eigenvalue weighted by Crippen LogP contribution is 2.32. The summed E-state index contributed by atoms with van der Waals surface area (Å²) in [6.45, 7) is 1.35. The van der Waals surface area contributed by atoms with E-state index >= 15 is 0 Å². The van der Waals surface area contributed by atoms with Crippen molar-refractivity contribution in [3.63, 3.8) is 0 Å².